The number of aromatic amines is 1. The van der Waals surface area contributed by atoms with Crippen molar-refractivity contribution in [3.8, 4) is 17.0 Å². The van der Waals surface area contributed by atoms with Gasteiger partial charge in [-0.25, -0.2) is 14.7 Å². The number of benzene rings is 2. The molecule has 1 fully saturated rings. The number of amides is 4. The number of nitrogen functional groups attached to an aromatic ring is 1. The number of esters is 1. The van der Waals surface area contributed by atoms with Gasteiger partial charge >= 0.3 is 12.0 Å². The number of aromatic nitrogens is 2. The molecule has 5 rings (SSSR count). The van der Waals surface area contributed by atoms with E-state index in [0.717, 1.165) is 10.5 Å². The zero-order valence-corrected chi connectivity index (χ0v) is 25.1. The molecule has 234 valence electrons. The number of fused-ring (bicyclic) bond motifs is 1. The molecule has 0 bridgehead atoms. The first-order valence-electron chi connectivity index (χ1n) is 13.9. The second kappa shape index (κ2) is 11.8. The van der Waals surface area contributed by atoms with Crippen LogP contribution in [0.25, 0.3) is 22.2 Å². The number of H-pyrrole nitrogens is 1. The smallest absolute Gasteiger partial charge is 0.328 e. The number of nitrogens with zero attached hydrogens (tertiary/aromatic N) is 3. The minimum atomic E-state index is -1.87. The minimum Gasteiger partial charge on any atom is -0.497 e. The number of urea groups is 1. The molecule has 45 heavy (non-hydrogen) atoms. The van der Waals surface area contributed by atoms with Crippen molar-refractivity contribution in [1.29, 1.82) is 0 Å². The zero-order valence-electron chi connectivity index (χ0n) is 25.1. The zero-order chi connectivity index (χ0) is 32.5. The number of imide groups is 1. The highest BCUT2D eigenvalue weighted by molar-refractivity contribution is 6.08. The highest BCUT2D eigenvalue weighted by Crippen LogP contribution is 2.36. The number of rotatable bonds is 10. The van der Waals surface area contributed by atoms with Crippen molar-refractivity contribution in [2.45, 2.75) is 32.9 Å². The van der Waals surface area contributed by atoms with Crippen molar-refractivity contribution in [1.82, 2.24) is 25.1 Å². The number of hydrogen-bond acceptors (Lipinski definition) is 10. The summed E-state index contributed by atoms with van der Waals surface area (Å²) in [5.74, 6) is -0.774. The van der Waals surface area contributed by atoms with Gasteiger partial charge in [-0.2, -0.15) is 0 Å². The van der Waals surface area contributed by atoms with E-state index in [4.69, 9.17) is 19.6 Å². The summed E-state index contributed by atoms with van der Waals surface area (Å²) in [6.45, 7) is 4.08. The third-order valence-electron chi connectivity index (χ3n) is 7.24. The van der Waals surface area contributed by atoms with Crippen molar-refractivity contribution in [2.24, 2.45) is 5.41 Å². The fraction of sp³-hybridized carbons (Fsp3) is 0.290. The number of methoxy groups -OCH3 is 1. The first-order valence-corrected chi connectivity index (χ1v) is 13.9. The molecule has 1 saturated heterocycles. The van der Waals surface area contributed by atoms with Crippen LogP contribution in [0.5, 0.6) is 5.75 Å². The Hall–Kier alpha value is -5.66. The van der Waals surface area contributed by atoms with Gasteiger partial charge in [0.15, 0.2) is 12.3 Å². The molecule has 4 aromatic rings. The second-order valence-corrected chi connectivity index (χ2v) is 11.6. The van der Waals surface area contributed by atoms with Crippen molar-refractivity contribution in [2.75, 3.05) is 26.1 Å². The van der Waals surface area contributed by atoms with Gasteiger partial charge in [0.1, 0.15) is 17.1 Å². The molecule has 0 spiro atoms. The van der Waals surface area contributed by atoms with E-state index in [0.29, 0.717) is 34.4 Å². The van der Waals surface area contributed by atoms with Crippen LogP contribution in [0.3, 0.4) is 0 Å². The maximum absolute atomic E-state index is 14.1. The van der Waals surface area contributed by atoms with E-state index in [1.165, 1.54) is 18.1 Å². The summed E-state index contributed by atoms with van der Waals surface area (Å²) in [7, 11) is 1.54. The van der Waals surface area contributed by atoms with E-state index in [2.05, 4.69) is 15.3 Å². The standard InChI is InChI=1S/C31H32N6O8/c1-30(2,3)27(41)44-17-37-26(40)31(35-29(37)42,15-36(16-38)14-18-5-8-21(43-4)9-6-18)24-12-20-11-19(7-10-23(20)45-24)22-13-25(39)34-28(32)33-22/h5-13,16H,14-15,17H2,1-4H3,(H,35,42)(H3,32,33,34,39)/t31-/m0/s1. The van der Waals surface area contributed by atoms with Crippen LogP contribution in [0.2, 0.25) is 0 Å². The molecule has 1 aliphatic rings. The van der Waals surface area contributed by atoms with Crippen LogP contribution < -0.4 is 21.3 Å². The van der Waals surface area contributed by atoms with Crippen molar-refractivity contribution >= 4 is 41.2 Å². The Bertz CT molecular complexity index is 1840. The van der Waals surface area contributed by atoms with Crippen molar-refractivity contribution in [3.63, 3.8) is 0 Å². The van der Waals surface area contributed by atoms with E-state index < -0.39 is 41.2 Å². The molecular weight excluding hydrogens is 584 g/mol. The van der Waals surface area contributed by atoms with Crippen molar-refractivity contribution < 1.29 is 33.1 Å². The molecule has 0 unspecified atom stereocenters. The summed E-state index contributed by atoms with van der Waals surface area (Å²) in [4.78, 5) is 72.7. The molecule has 3 heterocycles. The quantitative estimate of drug-likeness (QED) is 0.136. The lowest BCUT2D eigenvalue weighted by Gasteiger charge is -2.30. The molecule has 2 aromatic heterocycles. The maximum Gasteiger partial charge on any atom is 0.328 e. The fourth-order valence-corrected chi connectivity index (χ4v) is 4.87. The fourth-order valence-electron chi connectivity index (χ4n) is 4.87. The van der Waals surface area contributed by atoms with Gasteiger partial charge in [-0.15, -0.1) is 0 Å². The number of furan rings is 1. The van der Waals surface area contributed by atoms with Gasteiger partial charge in [0.2, 0.25) is 12.4 Å². The molecular formula is C31H32N6O8. The summed E-state index contributed by atoms with van der Waals surface area (Å²) in [5, 5.41) is 3.22. The first-order chi connectivity index (χ1) is 21.3. The van der Waals surface area contributed by atoms with Gasteiger partial charge in [-0.1, -0.05) is 12.1 Å². The van der Waals surface area contributed by atoms with Crippen LogP contribution in [0.4, 0.5) is 10.7 Å². The average molecular weight is 617 g/mol. The first kappa shape index (κ1) is 30.8. The normalized spacial score (nSPS) is 16.5. The Morgan fingerprint density at radius 2 is 1.84 bits per heavy atom. The number of hydrogen-bond donors (Lipinski definition) is 3. The second-order valence-electron chi connectivity index (χ2n) is 11.6. The Kier molecular flexibility index (Phi) is 8.06. The molecule has 2 aromatic carbocycles. The highest BCUT2D eigenvalue weighted by Gasteiger charge is 2.56. The Labute approximate surface area is 257 Å². The lowest BCUT2D eigenvalue weighted by atomic mass is 9.94. The van der Waals surface area contributed by atoms with Crippen LogP contribution in [0.1, 0.15) is 32.1 Å². The molecule has 14 heteroatoms. The lowest BCUT2D eigenvalue weighted by molar-refractivity contribution is -0.158. The summed E-state index contributed by atoms with van der Waals surface area (Å²) in [6.07, 6.45) is 0.567. The van der Waals surface area contributed by atoms with Gasteiger partial charge in [0.25, 0.3) is 11.5 Å². The van der Waals surface area contributed by atoms with E-state index in [1.807, 2.05) is 0 Å². The van der Waals surface area contributed by atoms with Crippen LogP contribution >= 0.6 is 0 Å². The SMILES string of the molecule is COc1ccc(CN(C=O)C[C@@]2(c3cc4cc(-c5cc(=O)[nH]c(N)n5)ccc4o3)NC(=O)N(COC(=O)C(C)(C)C)C2=O)cc1. The number of nitrogens with one attached hydrogen (secondary N) is 2. The molecule has 1 atom stereocenters. The van der Waals surface area contributed by atoms with E-state index in [9.17, 15) is 24.0 Å². The molecule has 0 saturated carbocycles. The molecule has 0 radical (unpaired) electrons. The largest absolute Gasteiger partial charge is 0.497 e. The summed E-state index contributed by atoms with van der Waals surface area (Å²) in [6, 6.07) is 14.0. The van der Waals surface area contributed by atoms with Crippen LogP contribution in [-0.2, 0) is 31.2 Å². The Morgan fingerprint density at radius 3 is 2.49 bits per heavy atom. The monoisotopic (exact) mass is 616 g/mol. The van der Waals surface area contributed by atoms with Crippen LogP contribution in [0.15, 0.2) is 63.8 Å². The third kappa shape index (κ3) is 6.20. The van der Waals surface area contributed by atoms with E-state index in [1.54, 1.807) is 69.3 Å². The predicted molar refractivity (Wildman–Crippen MR) is 161 cm³/mol. The van der Waals surface area contributed by atoms with Crippen LogP contribution in [-0.4, -0.2) is 64.5 Å². The Morgan fingerprint density at radius 1 is 1.11 bits per heavy atom. The highest BCUT2D eigenvalue weighted by atomic mass is 16.5. The third-order valence-corrected chi connectivity index (χ3v) is 7.24. The summed E-state index contributed by atoms with van der Waals surface area (Å²) < 4.78 is 16.6. The molecule has 14 nitrogen and oxygen atoms in total. The van der Waals surface area contributed by atoms with Gasteiger partial charge in [0, 0.05) is 23.6 Å². The maximum atomic E-state index is 14.1. The number of anilines is 1. The molecule has 1 aliphatic heterocycles. The van der Waals surface area contributed by atoms with E-state index in [-0.39, 0.29) is 24.8 Å². The Balaban J connectivity index is 1.53. The molecule has 0 aliphatic carbocycles. The van der Waals surface area contributed by atoms with Gasteiger partial charge in [-0.05, 0) is 62.7 Å². The number of carbonyl (C=O) groups is 4. The predicted octanol–water partition coefficient (Wildman–Crippen LogP) is 2.73. The minimum absolute atomic E-state index is 0.0395. The number of nitrogens with two attached hydrogens (primary N) is 1. The van der Waals surface area contributed by atoms with Crippen molar-refractivity contribution in [3.05, 3.63) is 76.3 Å². The number of ether oxygens (including phenoxy) is 2. The molecule has 4 N–H and O–H groups in total. The van der Waals surface area contributed by atoms with Gasteiger partial charge in [0.05, 0.1) is 24.8 Å². The topological polar surface area (TPSA) is 190 Å². The lowest BCUT2D eigenvalue weighted by Crippen LogP contribution is -2.52. The van der Waals surface area contributed by atoms with Gasteiger partial charge < -0.3 is 29.8 Å². The van der Waals surface area contributed by atoms with E-state index >= 15 is 0 Å². The number of carbonyl (C=O) groups excluding carboxylic acids is 4. The van der Waals surface area contributed by atoms with Gasteiger partial charge in [-0.3, -0.25) is 24.2 Å². The average Bonchev–Trinajstić information content (AvgIpc) is 3.53. The summed E-state index contributed by atoms with van der Waals surface area (Å²) >= 11 is 0. The van der Waals surface area contributed by atoms with Crippen LogP contribution in [0, 0.1) is 5.41 Å². The molecule has 4 amide bonds. The summed E-state index contributed by atoms with van der Waals surface area (Å²) in [5.41, 5.74) is 4.51.